The van der Waals surface area contributed by atoms with Gasteiger partial charge in [-0.1, -0.05) is 0 Å². The fourth-order valence-electron chi connectivity index (χ4n) is 2.02. The van der Waals surface area contributed by atoms with Crippen molar-refractivity contribution in [3.05, 3.63) is 0 Å². The Balaban J connectivity index is 4.73. The molecule has 0 spiro atoms. The molecule has 16 heavy (non-hydrogen) atoms. The van der Waals surface area contributed by atoms with Gasteiger partial charge in [-0.2, -0.15) is 0 Å². The summed E-state index contributed by atoms with van der Waals surface area (Å²) in [6, 6.07) is 0. The van der Waals surface area contributed by atoms with Crippen molar-refractivity contribution >= 4 is 0 Å². The van der Waals surface area contributed by atoms with Gasteiger partial charge in [-0.3, -0.25) is 4.90 Å². The quantitative estimate of drug-likeness (QED) is 0.293. The molecule has 6 nitrogen and oxygen atoms in total. The molecule has 0 saturated carbocycles. The summed E-state index contributed by atoms with van der Waals surface area (Å²) in [5.41, 5.74) is 5.17. The Morgan fingerprint density at radius 3 is 1.50 bits per heavy atom. The summed E-state index contributed by atoms with van der Waals surface area (Å²) >= 11 is 0. The topological polar surface area (TPSA) is 110 Å². The van der Waals surface area contributed by atoms with E-state index in [0.717, 1.165) is 0 Å². The predicted octanol–water partition coefficient (Wildman–Crippen LogP) is -2.26. The Labute approximate surface area is 96.3 Å². The summed E-state index contributed by atoms with van der Waals surface area (Å²) in [5.74, 6) is 0. The van der Waals surface area contributed by atoms with Crippen LogP contribution < -0.4 is 5.73 Å². The molecule has 0 aromatic heterocycles. The second-order valence-electron chi connectivity index (χ2n) is 3.81. The minimum atomic E-state index is -0.547. The van der Waals surface area contributed by atoms with Gasteiger partial charge in [-0.15, -0.1) is 0 Å². The van der Waals surface area contributed by atoms with Crippen LogP contribution in [0.1, 0.15) is 12.8 Å². The molecule has 0 aliphatic carbocycles. The van der Waals surface area contributed by atoms with E-state index in [4.69, 9.17) is 26.2 Å². The third kappa shape index (κ3) is 4.32. The minimum absolute atomic E-state index is 0.0371. The number of hydrogen-bond acceptors (Lipinski definition) is 6. The SMILES string of the molecule is NCC(CCO)(CCO)N(CCO)CCO. The van der Waals surface area contributed by atoms with E-state index in [2.05, 4.69) is 0 Å². The number of aliphatic hydroxyl groups is 4. The van der Waals surface area contributed by atoms with Crippen molar-refractivity contribution < 1.29 is 20.4 Å². The number of aliphatic hydroxyl groups excluding tert-OH is 4. The molecule has 0 saturated heterocycles. The van der Waals surface area contributed by atoms with Crippen molar-refractivity contribution in [3.8, 4) is 0 Å². The molecule has 0 heterocycles. The van der Waals surface area contributed by atoms with Crippen LogP contribution >= 0.6 is 0 Å². The standard InChI is InChI=1S/C10H24N2O4/c11-9-10(1-5-13,2-6-14)12(3-7-15)4-8-16/h13-16H,1-9,11H2. The highest BCUT2D eigenvalue weighted by molar-refractivity contribution is 4.91. The number of hydrogen-bond donors (Lipinski definition) is 5. The Kier molecular flexibility index (Phi) is 8.73. The van der Waals surface area contributed by atoms with Crippen LogP contribution in [-0.2, 0) is 0 Å². The van der Waals surface area contributed by atoms with Gasteiger partial charge < -0.3 is 26.2 Å². The van der Waals surface area contributed by atoms with Gasteiger partial charge in [0.1, 0.15) is 0 Å². The summed E-state index contributed by atoms with van der Waals surface area (Å²) in [6.07, 6.45) is 0.841. The molecule has 0 atom stereocenters. The van der Waals surface area contributed by atoms with Crippen molar-refractivity contribution in [2.75, 3.05) is 46.1 Å². The largest absolute Gasteiger partial charge is 0.396 e. The van der Waals surface area contributed by atoms with E-state index < -0.39 is 5.54 Å². The first kappa shape index (κ1) is 15.8. The third-order valence-corrected chi connectivity index (χ3v) is 2.94. The zero-order valence-corrected chi connectivity index (χ0v) is 9.68. The van der Waals surface area contributed by atoms with E-state index in [9.17, 15) is 0 Å². The van der Waals surface area contributed by atoms with Crippen molar-refractivity contribution in [3.63, 3.8) is 0 Å². The maximum atomic E-state index is 9.06. The smallest absolute Gasteiger partial charge is 0.0558 e. The molecule has 6 N–H and O–H groups in total. The Morgan fingerprint density at radius 2 is 1.25 bits per heavy atom. The minimum Gasteiger partial charge on any atom is -0.396 e. The maximum absolute atomic E-state index is 9.06. The number of β-amino-alcohol motifs (C(OH)–C–C–N with tert-alkyl or cyclic N) is 2. The lowest BCUT2D eigenvalue weighted by atomic mass is 9.89. The van der Waals surface area contributed by atoms with Crippen LogP contribution in [0.15, 0.2) is 0 Å². The summed E-state index contributed by atoms with van der Waals surface area (Å²) < 4.78 is 0. The summed E-state index contributed by atoms with van der Waals surface area (Å²) in [4.78, 5) is 1.83. The highest BCUT2D eigenvalue weighted by Gasteiger charge is 2.33. The van der Waals surface area contributed by atoms with E-state index in [0.29, 0.717) is 25.9 Å². The molecule has 0 unspecified atom stereocenters. The highest BCUT2D eigenvalue weighted by atomic mass is 16.3. The molecule has 6 heteroatoms. The Hall–Kier alpha value is -0.240. The lowest BCUT2D eigenvalue weighted by Gasteiger charge is -2.42. The average molecular weight is 236 g/mol. The van der Waals surface area contributed by atoms with Gasteiger partial charge in [0.25, 0.3) is 0 Å². The van der Waals surface area contributed by atoms with Crippen LogP contribution in [0.25, 0.3) is 0 Å². The van der Waals surface area contributed by atoms with Crippen molar-refractivity contribution in [1.82, 2.24) is 4.90 Å². The monoisotopic (exact) mass is 236 g/mol. The van der Waals surface area contributed by atoms with Crippen LogP contribution in [0, 0.1) is 0 Å². The molecule has 0 aromatic rings. The van der Waals surface area contributed by atoms with Crippen LogP contribution in [0.5, 0.6) is 0 Å². The molecule has 0 aromatic carbocycles. The van der Waals surface area contributed by atoms with Gasteiger partial charge in [0.2, 0.25) is 0 Å². The van der Waals surface area contributed by atoms with E-state index in [-0.39, 0.29) is 33.0 Å². The van der Waals surface area contributed by atoms with Crippen LogP contribution in [0.3, 0.4) is 0 Å². The molecule has 0 radical (unpaired) electrons. The van der Waals surface area contributed by atoms with Gasteiger partial charge in [-0.25, -0.2) is 0 Å². The molecule has 0 fully saturated rings. The summed E-state index contributed by atoms with van der Waals surface area (Å²) in [6.45, 7) is 0.857. The summed E-state index contributed by atoms with van der Waals surface area (Å²) in [7, 11) is 0. The number of rotatable bonds is 10. The van der Waals surface area contributed by atoms with Crippen molar-refractivity contribution in [1.29, 1.82) is 0 Å². The molecule has 0 amide bonds. The second kappa shape index (κ2) is 8.86. The summed E-state index contributed by atoms with van der Waals surface area (Å²) in [5, 5.41) is 36.1. The molecular formula is C10H24N2O4. The zero-order chi connectivity index (χ0) is 12.4. The first-order chi connectivity index (χ1) is 7.70. The van der Waals surface area contributed by atoms with Gasteiger partial charge in [0.05, 0.1) is 13.2 Å². The van der Waals surface area contributed by atoms with Crippen molar-refractivity contribution in [2.45, 2.75) is 18.4 Å². The Morgan fingerprint density at radius 1 is 0.812 bits per heavy atom. The molecule has 0 rings (SSSR count). The molecule has 98 valence electrons. The van der Waals surface area contributed by atoms with Crippen molar-refractivity contribution in [2.24, 2.45) is 5.73 Å². The second-order valence-corrected chi connectivity index (χ2v) is 3.81. The van der Waals surface area contributed by atoms with E-state index in [1.54, 1.807) is 0 Å². The van der Waals surface area contributed by atoms with E-state index in [1.807, 2.05) is 4.90 Å². The Bertz CT molecular complexity index is 157. The zero-order valence-electron chi connectivity index (χ0n) is 9.68. The predicted molar refractivity (Wildman–Crippen MR) is 60.9 cm³/mol. The van der Waals surface area contributed by atoms with Gasteiger partial charge in [0, 0.05) is 38.4 Å². The first-order valence-electron chi connectivity index (χ1n) is 5.59. The van der Waals surface area contributed by atoms with Gasteiger partial charge in [0.15, 0.2) is 0 Å². The number of nitrogens with two attached hydrogens (primary N) is 1. The van der Waals surface area contributed by atoms with Crippen LogP contribution in [0.2, 0.25) is 0 Å². The third-order valence-electron chi connectivity index (χ3n) is 2.94. The van der Waals surface area contributed by atoms with Crippen LogP contribution in [-0.4, -0.2) is 76.9 Å². The molecular weight excluding hydrogens is 212 g/mol. The van der Waals surface area contributed by atoms with E-state index >= 15 is 0 Å². The van der Waals surface area contributed by atoms with E-state index in [1.165, 1.54) is 0 Å². The molecule has 0 bridgehead atoms. The average Bonchev–Trinajstić information content (AvgIpc) is 2.28. The van der Waals surface area contributed by atoms with Crippen LogP contribution in [0.4, 0.5) is 0 Å². The fraction of sp³-hybridized carbons (Fsp3) is 1.00. The first-order valence-corrected chi connectivity index (χ1v) is 5.59. The van der Waals surface area contributed by atoms with Gasteiger partial charge >= 0.3 is 0 Å². The van der Waals surface area contributed by atoms with Gasteiger partial charge in [-0.05, 0) is 12.8 Å². The lowest BCUT2D eigenvalue weighted by Crippen LogP contribution is -2.56. The maximum Gasteiger partial charge on any atom is 0.0558 e. The molecule has 0 aliphatic rings. The highest BCUT2D eigenvalue weighted by Crippen LogP contribution is 2.22. The molecule has 0 aliphatic heterocycles. The normalized spacial score (nSPS) is 12.4. The fourth-order valence-corrected chi connectivity index (χ4v) is 2.02. The number of nitrogens with zero attached hydrogens (tertiary/aromatic N) is 1. The lowest BCUT2D eigenvalue weighted by molar-refractivity contribution is 0.0196.